The van der Waals surface area contributed by atoms with E-state index < -0.39 is 17.5 Å². The zero-order chi connectivity index (χ0) is 22.2. The Morgan fingerprint density at radius 3 is 2.68 bits per heavy atom. The molecule has 0 bridgehead atoms. The van der Waals surface area contributed by atoms with Gasteiger partial charge >= 0.3 is 6.18 Å². The molecule has 31 heavy (non-hydrogen) atoms. The van der Waals surface area contributed by atoms with Gasteiger partial charge in [-0.25, -0.2) is 9.97 Å². The summed E-state index contributed by atoms with van der Waals surface area (Å²) in [5.74, 6) is 0.356. The first kappa shape index (κ1) is 21.2. The smallest absolute Gasteiger partial charge is 0.416 e. The van der Waals surface area contributed by atoms with Crippen LogP contribution in [0.25, 0.3) is 11.0 Å². The van der Waals surface area contributed by atoms with Gasteiger partial charge in [-0.3, -0.25) is 4.79 Å². The number of thioether (sulfide) groups is 1. The highest BCUT2D eigenvalue weighted by molar-refractivity contribution is 8.00. The molecule has 5 nitrogen and oxygen atoms in total. The van der Waals surface area contributed by atoms with E-state index in [1.807, 2.05) is 30.5 Å². The number of furan rings is 1. The number of alkyl halides is 3. The van der Waals surface area contributed by atoms with Crippen molar-refractivity contribution in [1.29, 1.82) is 0 Å². The monoisotopic (exact) mass is 445 g/mol. The molecule has 160 valence electrons. The Kier molecular flexibility index (Phi) is 5.62. The van der Waals surface area contributed by atoms with Crippen molar-refractivity contribution < 1.29 is 22.4 Å². The summed E-state index contributed by atoms with van der Waals surface area (Å²) >= 11 is 1.19. The van der Waals surface area contributed by atoms with Crippen molar-refractivity contribution in [2.45, 2.75) is 31.6 Å². The van der Waals surface area contributed by atoms with Crippen LogP contribution in [0.5, 0.6) is 0 Å². The third-order valence-electron chi connectivity index (χ3n) is 5.12. The van der Waals surface area contributed by atoms with Crippen molar-refractivity contribution in [2.24, 2.45) is 0 Å². The van der Waals surface area contributed by atoms with E-state index in [-0.39, 0.29) is 11.3 Å². The zero-order valence-electron chi connectivity index (χ0n) is 16.7. The van der Waals surface area contributed by atoms with Crippen LogP contribution < -0.4 is 0 Å². The number of hydrogen-bond acceptors (Lipinski definition) is 5. The number of Topliss-reactive ketones (excluding diaryl/α,β-unsaturated/α-hetero) is 1. The lowest BCUT2D eigenvalue weighted by Crippen LogP contribution is -2.08. The molecule has 0 aliphatic carbocycles. The third-order valence-corrected chi connectivity index (χ3v) is 6.11. The minimum atomic E-state index is -4.49. The first-order valence-corrected chi connectivity index (χ1v) is 10.4. The molecular formula is C22H18F3N3O2S. The minimum Gasteiger partial charge on any atom is -0.467 e. The Morgan fingerprint density at radius 1 is 1.16 bits per heavy atom. The molecule has 0 saturated carbocycles. The summed E-state index contributed by atoms with van der Waals surface area (Å²) in [6.07, 6.45) is -1.45. The number of benzene rings is 1. The normalized spacial score (nSPS) is 11.9. The molecule has 4 rings (SSSR count). The average molecular weight is 445 g/mol. The Hall–Kier alpha value is -3.07. The quantitative estimate of drug-likeness (QED) is 0.217. The molecule has 0 saturated heterocycles. The highest BCUT2D eigenvalue weighted by atomic mass is 32.2. The first-order chi connectivity index (χ1) is 14.8. The number of hydrogen-bond donors (Lipinski definition) is 0. The molecule has 0 unspecified atom stereocenters. The van der Waals surface area contributed by atoms with E-state index in [0.717, 1.165) is 40.2 Å². The standard InChI is InChI=1S/C22H18F3N3O2S/c1-13-14(2)28(10-17-7-4-8-30-17)20-19(13)21(27-12-26-20)31-11-18(29)15-5-3-6-16(9-15)22(23,24)25/h3-9,12H,10-11H2,1-2H3. The van der Waals surface area contributed by atoms with Crippen molar-refractivity contribution in [2.75, 3.05) is 5.75 Å². The molecule has 4 aromatic rings. The fourth-order valence-corrected chi connectivity index (χ4v) is 4.33. The number of aromatic nitrogens is 3. The van der Waals surface area contributed by atoms with Crippen LogP contribution in [0.3, 0.4) is 0 Å². The molecule has 3 heterocycles. The highest BCUT2D eigenvalue weighted by Crippen LogP contribution is 2.33. The van der Waals surface area contributed by atoms with Crippen LogP contribution in [0, 0.1) is 13.8 Å². The van der Waals surface area contributed by atoms with E-state index in [2.05, 4.69) is 9.97 Å². The molecule has 9 heteroatoms. The van der Waals surface area contributed by atoms with E-state index in [4.69, 9.17) is 4.42 Å². The van der Waals surface area contributed by atoms with Crippen LogP contribution in [-0.2, 0) is 12.7 Å². The van der Waals surface area contributed by atoms with Crippen molar-refractivity contribution in [3.63, 3.8) is 0 Å². The second-order valence-corrected chi connectivity index (χ2v) is 8.01. The van der Waals surface area contributed by atoms with Gasteiger partial charge in [0, 0.05) is 11.3 Å². The molecule has 0 amide bonds. The Bertz CT molecular complexity index is 1250. The van der Waals surface area contributed by atoms with Crippen molar-refractivity contribution in [1.82, 2.24) is 14.5 Å². The van der Waals surface area contributed by atoms with Gasteiger partial charge in [0.2, 0.25) is 0 Å². The molecule has 0 aliphatic heterocycles. The molecule has 3 aromatic heterocycles. The summed E-state index contributed by atoms with van der Waals surface area (Å²) in [5.41, 5.74) is 1.88. The van der Waals surface area contributed by atoms with Gasteiger partial charge in [0.05, 0.1) is 29.5 Å². The van der Waals surface area contributed by atoms with Crippen LogP contribution in [0.2, 0.25) is 0 Å². The first-order valence-electron chi connectivity index (χ1n) is 9.41. The largest absolute Gasteiger partial charge is 0.467 e. The lowest BCUT2D eigenvalue weighted by molar-refractivity contribution is -0.137. The maximum Gasteiger partial charge on any atom is 0.416 e. The van der Waals surface area contributed by atoms with Crippen molar-refractivity contribution >= 4 is 28.6 Å². The lowest BCUT2D eigenvalue weighted by Gasteiger charge is -2.08. The Labute approximate surface area is 180 Å². The van der Waals surface area contributed by atoms with Gasteiger partial charge < -0.3 is 8.98 Å². The molecular weight excluding hydrogens is 427 g/mol. The highest BCUT2D eigenvalue weighted by Gasteiger charge is 2.31. The number of carbonyl (C=O) groups is 1. The zero-order valence-corrected chi connectivity index (χ0v) is 17.5. The second kappa shape index (κ2) is 8.22. The van der Waals surface area contributed by atoms with E-state index in [9.17, 15) is 18.0 Å². The number of carbonyl (C=O) groups excluding carboxylic acids is 1. The van der Waals surface area contributed by atoms with Gasteiger partial charge in [-0.05, 0) is 43.7 Å². The molecule has 0 fully saturated rings. The molecule has 0 aliphatic rings. The third kappa shape index (κ3) is 4.23. The van der Waals surface area contributed by atoms with Crippen molar-refractivity contribution in [3.05, 3.63) is 77.1 Å². The fraction of sp³-hybridized carbons (Fsp3) is 0.227. The van der Waals surface area contributed by atoms with Crippen LogP contribution in [-0.4, -0.2) is 26.1 Å². The molecule has 0 spiro atoms. The summed E-state index contributed by atoms with van der Waals surface area (Å²) in [7, 11) is 0. The van der Waals surface area contributed by atoms with Gasteiger partial charge in [0.1, 0.15) is 22.8 Å². The van der Waals surface area contributed by atoms with E-state index >= 15 is 0 Å². The van der Waals surface area contributed by atoms with Crippen molar-refractivity contribution in [3.8, 4) is 0 Å². The minimum absolute atomic E-state index is 0.0240. The fourth-order valence-electron chi connectivity index (χ4n) is 3.38. The van der Waals surface area contributed by atoms with Gasteiger partial charge in [-0.1, -0.05) is 23.9 Å². The van der Waals surface area contributed by atoms with Crippen LogP contribution in [0.15, 0.2) is 58.4 Å². The summed E-state index contributed by atoms with van der Waals surface area (Å²) in [4.78, 5) is 21.3. The summed E-state index contributed by atoms with van der Waals surface area (Å²) in [6, 6.07) is 8.16. The SMILES string of the molecule is Cc1c(C)n(Cc2ccco2)c2ncnc(SCC(=O)c3cccc(C(F)(F)F)c3)c12. The predicted octanol–water partition coefficient (Wildman–Crippen LogP) is 5.68. The maximum atomic E-state index is 12.9. The number of halogens is 3. The lowest BCUT2D eigenvalue weighted by atomic mass is 10.1. The van der Waals surface area contributed by atoms with Crippen LogP contribution in [0.1, 0.15) is 32.9 Å². The summed E-state index contributed by atoms with van der Waals surface area (Å²) < 4.78 is 46.3. The number of aryl methyl sites for hydroxylation is 1. The van der Waals surface area contributed by atoms with E-state index in [0.29, 0.717) is 11.6 Å². The topological polar surface area (TPSA) is 60.9 Å². The summed E-state index contributed by atoms with van der Waals surface area (Å²) in [5, 5.41) is 1.44. The van der Waals surface area contributed by atoms with Gasteiger partial charge in [-0.15, -0.1) is 0 Å². The van der Waals surface area contributed by atoms with Gasteiger partial charge in [-0.2, -0.15) is 13.2 Å². The maximum absolute atomic E-state index is 12.9. The predicted molar refractivity (Wildman–Crippen MR) is 111 cm³/mol. The van der Waals surface area contributed by atoms with Crippen LogP contribution >= 0.6 is 11.8 Å². The molecule has 1 aromatic carbocycles. The number of fused-ring (bicyclic) bond motifs is 1. The summed E-state index contributed by atoms with van der Waals surface area (Å²) in [6.45, 7) is 4.44. The molecule has 0 N–H and O–H groups in total. The second-order valence-electron chi connectivity index (χ2n) is 7.04. The van der Waals surface area contributed by atoms with Gasteiger partial charge in [0.25, 0.3) is 0 Å². The average Bonchev–Trinajstić information content (AvgIpc) is 3.35. The number of ketones is 1. The van der Waals surface area contributed by atoms with Crippen LogP contribution in [0.4, 0.5) is 13.2 Å². The van der Waals surface area contributed by atoms with E-state index in [1.165, 1.54) is 30.2 Å². The number of rotatable bonds is 6. The number of nitrogens with zero attached hydrogens (tertiary/aromatic N) is 3. The Morgan fingerprint density at radius 2 is 1.97 bits per heavy atom. The Balaban J connectivity index is 1.60. The van der Waals surface area contributed by atoms with Gasteiger partial charge in [0.15, 0.2) is 5.78 Å². The molecule has 0 radical (unpaired) electrons. The molecule has 0 atom stereocenters. The van der Waals surface area contributed by atoms with E-state index in [1.54, 1.807) is 6.26 Å².